The summed E-state index contributed by atoms with van der Waals surface area (Å²) in [5, 5.41) is 0. The van der Waals surface area contributed by atoms with Gasteiger partial charge in [0.25, 0.3) is 5.56 Å². The predicted octanol–water partition coefficient (Wildman–Crippen LogP) is -0.630. The molecular formula is C4H2N2O. The van der Waals surface area contributed by atoms with Crippen LogP contribution in [0, 0.1) is 12.4 Å². The third-order valence-electron chi connectivity index (χ3n) is 0.488. The van der Waals surface area contributed by atoms with Crippen LogP contribution in [0.5, 0.6) is 0 Å². The Bertz CT molecular complexity index is 175. The van der Waals surface area contributed by atoms with Crippen molar-refractivity contribution >= 4 is 0 Å². The fourth-order valence-corrected chi connectivity index (χ4v) is 0.245. The Morgan fingerprint density at radius 3 is 3.00 bits per heavy atom. The van der Waals surface area contributed by atoms with Crippen LogP contribution in [0.4, 0.5) is 0 Å². The van der Waals surface area contributed by atoms with Gasteiger partial charge in [0, 0.05) is 6.20 Å². The molecule has 0 radical (unpaired) electrons. The molecule has 3 nitrogen and oxygen atoms in total. The molecule has 0 aliphatic carbocycles. The lowest BCUT2D eigenvalue weighted by Gasteiger charge is -1.64. The first-order valence-corrected chi connectivity index (χ1v) is 1.72. The Labute approximate surface area is 40.0 Å². The van der Waals surface area contributed by atoms with E-state index in [4.69, 9.17) is 0 Å². The number of aromatic nitrogens is 2. The minimum atomic E-state index is -0.251. The summed E-state index contributed by atoms with van der Waals surface area (Å²) in [6.07, 6.45) is 5.73. The van der Waals surface area contributed by atoms with E-state index in [0.29, 0.717) is 0 Å². The number of nitrogens with one attached hydrogen (secondary N) is 1. The van der Waals surface area contributed by atoms with Gasteiger partial charge in [-0.2, -0.15) is 4.98 Å². The van der Waals surface area contributed by atoms with Gasteiger partial charge in [0.2, 0.25) is 0 Å². The van der Waals surface area contributed by atoms with Gasteiger partial charge in [0.15, 0.2) is 0 Å². The summed E-state index contributed by atoms with van der Waals surface area (Å²) in [7, 11) is 0. The Morgan fingerprint density at radius 1 is 1.86 bits per heavy atom. The molecule has 0 amide bonds. The van der Waals surface area contributed by atoms with E-state index in [2.05, 4.69) is 22.4 Å². The first-order valence-electron chi connectivity index (χ1n) is 1.72. The third-order valence-corrected chi connectivity index (χ3v) is 0.488. The number of nitrogens with zero attached hydrogens (tertiary/aromatic N) is 1. The standard InChI is InChI=1S/C4H2N2O/c7-4-3-5-1-2-6-4/h3H,(H,6,7). The SMILES string of the molecule is O=c1cnc#c[nH]1. The van der Waals surface area contributed by atoms with E-state index in [1.54, 1.807) is 0 Å². The smallest absolute Gasteiger partial charge is 0.274 e. The molecule has 1 rings (SSSR count). The Balaban J connectivity index is 3.28. The lowest BCUT2D eigenvalue weighted by Crippen LogP contribution is -2.00. The largest absolute Gasteiger partial charge is 0.279 e. The van der Waals surface area contributed by atoms with E-state index in [9.17, 15) is 4.79 Å². The zero-order chi connectivity index (χ0) is 5.11. The molecule has 0 aliphatic rings. The van der Waals surface area contributed by atoms with Gasteiger partial charge in [-0.15, -0.1) is 0 Å². The van der Waals surface area contributed by atoms with Crippen molar-refractivity contribution in [2.75, 3.05) is 0 Å². The van der Waals surface area contributed by atoms with Crippen molar-refractivity contribution in [2.24, 2.45) is 0 Å². The number of H-pyrrole nitrogens is 1. The summed E-state index contributed by atoms with van der Waals surface area (Å²) < 4.78 is 0. The fourth-order valence-electron chi connectivity index (χ4n) is 0.245. The first kappa shape index (κ1) is 3.88. The van der Waals surface area contributed by atoms with E-state index in [-0.39, 0.29) is 5.56 Å². The molecule has 7 heavy (non-hydrogen) atoms. The summed E-state index contributed by atoms with van der Waals surface area (Å²) in [5.74, 6) is 0. The molecule has 0 saturated heterocycles. The topological polar surface area (TPSA) is 45.8 Å². The monoisotopic (exact) mass is 94.0 g/mol. The van der Waals surface area contributed by atoms with Crippen molar-refractivity contribution in [3.05, 3.63) is 28.9 Å². The highest BCUT2D eigenvalue weighted by Crippen LogP contribution is 1.45. The summed E-state index contributed by atoms with van der Waals surface area (Å²) in [5.41, 5.74) is -0.251. The molecule has 1 aromatic heterocycles. The zero-order valence-corrected chi connectivity index (χ0v) is 3.43. The zero-order valence-electron chi connectivity index (χ0n) is 3.43. The van der Waals surface area contributed by atoms with Crippen molar-refractivity contribution in [3.8, 4) is 0 Å². The number of hydrogen-bond acceptors (Lipinski definition) is 2. The van der Waals surface area contributed by atoms with Gasteiger partial charge in [-0.25, -0.2) is 0 Å². The molecule has 0 unspecified atom stereocenters. The highest BCUT2D eigenvalue weighted by molar-refractivity contribution is 4.64. The minimum absolute atomic E-state index is 0.251. The second-order valence-electron chi connectivity index (χ2n) is 0.984. The quantitative estimate of drug-likeness (QED) is 0.465. The average molecular weight is 94.1 g/mol. The predicted molar refractivity (Wildman–Crippen MR) is 22.5 cm³/mol. The highest BCUT2D eigenvalue weighted by Gasteiger charge is 1.68. The van der Waals surface area contributed by atoms with E-state index in [1.807, 2.05) is 0 Å². The Kier molecular flexibility index (Phi) is 0.794. The summed E-state index contributed by atoms with van der Waals surface area (Å²) in [6, 6.07) is 0. The number of rotatable bonds is 0. The maximum atomic E-state index is 10.1. The number of aromatic amines is 1. The second-order valence-corrected chi connectivity index (χ2v) is 0.984. The van der Waals surface area contributed by atoms with Crippen LogP contribution in [0.2, 0.25) is 0 Å². The average Bonchev–Trinajstić information content (AvgIpc) is 1.69. The van der Waals surface area contributed by atoms with Gasteiger partial charge in [-0.05, 0) is 0 Å². The second kappa shape index (κ2) is 1.43. The molecule has 0 aromatic carbocycles. The first-order chi connectivity index (χ1) is 3.39. The van der Waals surface area contributed by atoms with Gasteiger partial charge in [-0.3, -0.25) is 9.78 Å². The molecule has 0 bridgehead atoms. The molecular weight excluding hydrogens is 92.1 g/mol. The normalized spacial score (nSPS) is 7.43. The van der Waals surface area contributed by atoms with Crippen molar-refractivity contribution in [2.45, 2.75) is 0 Å². The van der Waals surface area contributed by atoms with Gasteiger partial charge < -0.3 is 0 Å². The van der Waals surface area contributed by atoms with Gasteiger partial charge in [0.05, 0.1) is 6.20 Å². The van der Waals surface area contributed by atoms with Crippen molar-refractivity contribution < 1.29 is 0 Å². The molecule has 3 heteroatoms. The van der Waals surface area contributed by atoms with Crippen molar-refractivity contribution in [1.29, 1.82) is 0 Å². The minimum Gasteiger partial charge on any atom is -0.279 e. The van der Waals surface area contributed by atoms with Crippen molar-refractivity contribution in [3.63, 3.8) is 0 Å². The Morgan fingerprint density at radius 2 is 2.71 bits per heavy atom. The molecule has 0 fully saturated rings. The van der Waals surface area contributed by atoms with Crippen LogP contribution < -0.4 is 5.56 Å². The van der Waals surface area contributed by atoms with Gasteiger partial charge in [0.1, 0.15) is 6.20 Å². The molecule has 0 atom stereocenters. The molecule has 1 N–H and O–H groups in total. The highest BCUT2D eigenvalue weighted by atomic mass is 16.1. The van der Waals surface area contributed by atoms with Crippen LogP contribution in [0.25, 0.3) is 0 Å². The van der Waals surface area contributed by atoms with Crippen LogP contribution in [-0.4, -0.2) is 9.97 Å². The van der Waals surface area contributed by atoms with Gasteiger partial charge >= 0.3 is 0 Å². The molecule has 0 saturated carbocycles. The fraction of sp³-hybridized carbons (Fsp3) is 0. The molecule has 0 aliphatic heterocycles. The third kappa shape index (κ3) is 0.763. The summed E-state index contributed by atoms with van der Waals surface area (Å²) in [4.78, 5) is 15.7. The van der Waals surface area contributed by atoms with Crippen LogP contribution >= 0.6 is 0 Å². The maximum absolute atomic E-state index is 10.1. The van der Waals surface area contributed by atoms with E-state index >= 15 is 0 Å². The van der Waals surface area contributed by atoms with Crippen molar-refractivity contribution in [1.82, 2.24) is 9.97 Å². The maximum Gasteiger partial charge on any atom is 0.274 e. The molecule has 1 heterocycles. The number of hydrogen-bond donors (Lipinski definition) is 1. The Hall–Kier alpha value is -1.30. The van der Waals surface area contributed by atoms with Crippen LogP contribution in [0.1, 0.15) is 0 Å². The molecule has 0 spiro atoms. The summed E-state index contributed by atoms with van der Waals surface area (Å²) in [6.45, 7) is 0. The van der Waals surface area contributed by atoms with E-state index in [0.717, 1.165) is 6.20 Å². The van der Waals surface area contributed by atoms with Gasteiger partial charge in [-0.1, -0.05) is 0 Å². The van der Waals surface area contributed by atoms with Crippen LogP contribution in [-0.2, 0) is 0 Å². The molecule has 34 valence electrons. The van der Waals surface area contributed by atoms with Crippen LogP contribution in [0.15, 0.2) is 11.0 Å². The molecule has 1 aromatic rings. The lowest BCUT2D eigenvalue weighted by molar-refractivity contribution is 1.16. The van der Waals surface area contributed by atoms with E-state index in [1.165, 1.54) is 0 Å². The summed E-state index contributed by atoms with van der Waals surface area (Å²) >= 11 is 0. The van der Waals surface area contributed by atoms with E-state index < -0.39 is 0 Å². The van der Waals surface area contributed by atoms with Crippen LogP contribution in [0.3, 0.4) is 0 Å². The lowest BCUT2D eigenvalue weighted by atomic mass is 10.8.